The van der Waals surface area contributed by atoms with Gasteiger partial charge in [-0.15, -0.1) is 0 Å². The van der Waals surface area contributed by atoms with E-state index in [1.807, 2.05) is 30.3 Å². The number of carbonyl (C=O) groups excluding carboxylic acids is 1. The fourth-order valence-corrected chi connectivity index (χ4v) is 2.07. The molecule has 0 fully saturated rings. The summed E-state index contributed by atoms with van der Waals surface area (Å²) in [5.74, 6) is -1.61. The Morgan fingerprint density at radius 3 is 2.40 bits per heavy atom. The van der Waals surface area contributed by atoms with Gasteiger partial charge in [-0.05, 0) is 25.0 Å². The number of H-pyrrole nitrogens is 1. The molecule has 0 aliphatic rings. The minimum atomic E-state index is -1.09. The highest BCUT2D eigenvalue weighted by Crippen LogP contribution is 2.19. The Kier molecular flexibility index (Phi) is 3.89. The van der Waals surface area contributed by atoms with Gasteiger partial charge in [-0.3, -0.25) is 0 Å². The quantitative estimate of drug-likeness (QED) is 0.839. The monoisotopic (exact) mass is 273 g/mol. The normalized spacial score (nSPS) is 10.3. The van der Waals surface area contributed by atoms with E-state index in [0.29, 0.717) is 16.8 Å². The average molecular weight is 273 g/mol. The van der Waals surface area contributed by atoms with Crippen molar-refractivity contribution in [1.82, 2.24) is 4.98 Å². The number of carbonyl (C=O) groups is 2. The summed E-state index contributed by atoms with van der Waals surface area (Å²) in [7, 11) is 0. The summed E-state index contributed by atoms with van der Waals surface area (Å²) < 4.78 is 5.22. The maximum absolute atomic E-state index is 12.1. The van der Waals surface area contributed by atoms with E-state index in [0.717, 1.165) is 5.56 Å². The van der Waals surface area contributed by atoms with Crippen molar-refractivity contribution in [2.24, 2.45) is 0 Å². The number of benzene rings is 1. The molecule has 20 heavy (non-hydrogen) atoms. The van der Waals surface area contributed by atoms with Crippen molar-refractivity contribution in [2.45, 2.75) is 20.5 Å². The predicted molar refractivity (Wildman–Crippen MR) is 72.8 cm³/mol. The molecule has 0 atom stereocenters. The highest BCUT2D eigenvalue weighted by molar-refractivity contribution is 5.97. The standard InChI is InChI=1S/C15H15NO4/c1-9-12(10(2)16-13(9)14(17)18)15(19)20-8-11-6-4-3-5-7-11/h3-7,16H,8H2,1-2H3,(H,17,18). The second-order valence-electron chi connectivity index (χ2n) is 4.49. The number of nitrogens with one attached hydrogen (secondary N) is 1. The first-order chi connectivity index (χ1) is 9.50. The highest BCUT2D eigenvalue weighted by atomic mass is 16.5. The molecule has 0 amide bonds. The lowest BCUT2D eigenvalue weighted by molar-refractivity contribution is 0.0471. The molecule has 0 bridgehead atoms. The maximum atomic E-state index is 12.1. The molecule has 0 spiro atoms. The van der Waals surface area contributed by atoms with E-state index in [4.69, 9.17) is 9.84 Å². The molecule has 0 aliphatic carbocycles. The van der Waals surface area contributed by atoms with Crippen LogP contribution < -0.4 is 0 Å². The molecule has 0 saturated carbocycles. The van der Waals surface area contributed by atoms with Crippen molar-refractivity contribution < 1.29 is 19.4 Å². The number of ether oxygens (including phenoxy) is 1. The predicted octanol–water partition coefficient (Wildman–Crippen LogP) is 2.69. The molecule has 1 aromatic heterocycles. The van der Waals surface area contributed by atoms with Crippen LogP contribution in [0.4, 0.5) is 0 Å². The average Bonchev–Trinajstić information content (AvgIpc) is 2.73. The lowest BCUT2D eigenvalue weighted by Crippen LogP contribution is -2.08. The number of rotatable bonds is 4. The maximum Gasteiger partial charge on any atom is 0.352 e. The summed E-state index contributed by atoms with van der Waals surface area (Å²) in [5.41, 5.74) is 2.09. The van der Waals surface area contributed by atoms with Crippen molar-refractivity contribution in [3.63, 3.8) is 0 Å². The lowest BCUT2D eigenvalue weighted by Gasteiger charge is -2.05. The second-order valence-corrected chi connectivity index (χ2v) is 4.49. The molecule has 0 radical (unpaired) electrons. The van der Waals surface area contributed by atoms with Crippen LogP contribution in [0.2, 0.25) is 0 Å². The first-order valence-electron chi connectivity index (χ1n) is 6.14. The molecule has 104 valence electrons. The molecule has 1 aromatic carbocycles. The molecule has 1 heterocycles. The molecule has 0 aliphatic heterocycles. The van der Waals surface area contributed by atoms with E-state index in [9.17, 15) is 9.59 Å². The van der Waals surface area contributed by atoms with Gasteiger partial charge in [0.1, 0.15) is 12.3 Å². The number of aromatic nitrogens is 1. The Morgan fingerprint density at radius 1 is 1.20 bits per heavy atom. The number of aromatic carboxylic acids is 1. The van der Waals surface area contributed by atoms with Crippen molar-refractivity contribution >= 4 is 11.9 Å². The first-order valence-corrected chi connectivity index (χ1v) is 6.14. The van der Waals surface area contributed by atoms with E-state index in [1.54, 1.807) is 13.8 Å². The summed E-state index contributed by atoms with van der Waals surface area (Å²) in [6.07, 6.45) is 0. The number of hydrogen-bond donors (Lipinski definition) is 2. The largest absolute Gasteiger partial charge is 0.477 e. The third-order valence-electron chi connectivity index (χ3n) is 3.07. The van der Waals surface area contributed by atoms with Crippen LogP contribution in [0, 0.1) is 13.8 Å². The van der Waals surface area contributed by atoms with Crippen LogP contribution in [-0.2, 0) is 11.3 Å². The van der Waals surface area contributed by atoms with Crippen LogP contribution in [0.15, 0.2) is 30.3 Å². The van der Waals surface area contributed by atoms with E-state index in [1.165, 1.54) is 0 Å². The molecule has 0 saturated heterocycles. The molecule has 2 rings (SSSR count). The van der Waals surface area contributed by atoms with E-state index in [2.05, 4.69) is 4.98 Å². The fourth-order valence-electron chi connectivity index (χ4n) is 2.07. The summed E-state index contributed by atoms with van der Waals surface area (Å²) in [6.45, 7) is 3.40. The number of aromatic amines is 1. The minimum absolute atomic E-state index is 0.0224. The summed E-state index contributed by atoms with van der Waals surface area (Å²) in [4.78, 5) is 25.8. The summed E-state index contributed by atoms with van der Waals surface area (Å²) in [5, 5.41) is 9.01. The number of esters is 1. The lowest BCUT2D eigenvalue weighted by atomic mass is 10.1. The van der Waals surface area contributed by atoms with Gasteiger partial charge in [0.15, 0.2) is 0 Å². The molecule has 5 heteroatoms. The molecule has 0 unspecified atom stereocenters. The zero-order chi connectivity index (χ0) is 14.7. The molecule has 2 N–H and O–H groups in total. The van der Waals surface area contributed by atoms with Crippen LogP contribution in [-0.4, -0.2) is 22.0 Å². The van der Waals surface area contributed by atoms with Gasteiger partial charge in [-0.2, -0.15) is 0 Å². The van der Waals surface area contributed by atoms with Gasteiger partial charge in [0.05, 0.1) is 5.56 Å². The Morgan fingerprint density at radius 2 is 1.85 bits per heavy atom. The van der Waals surface area contributed by atoms with Gasteiger partial charge in [0.2, 0.25) is 0 Å². The van der Waals surface area contributed by atoms with Crippen LogP contribution in [0.1, 0.15) is 37.7 Å². The summed E-state index contributed by atoms with van der Waals surface area (Å²) >= 11 is 0. The second kappa shape index (κ2) is 5.61. The fraction of sp³-hybridized carbons (Fsp3) is 0.200. The van der Waals surface area contributed by atoms with Gasteiger partial charge in [0, 0.05) is 5.69 Å². The van der Waals surface area contributed by atoms with Crippen molar-refractivity contribution in [3.05, 3.63) is 58.4 Å². The molecular weight excluding hydrogens is 258 g/mol. The topological polar surface area (TPSA) is 79.4 Å². The van der Waals surface area contributed by atoms with Crippen LogP contribution in [0.5, 0.6) is 0 Å². The number of carboxylic acids is 1. The van der Waals surface area contributed by atoms with Gasteiger partial charge in [-0.1, -0.05) is 30.3 Å². The smallest absolute Gasteiger partial charge is 0.352 e. The Labute approximate surface area is 116 Å². The zero-order valence-corrected chi connectivity index (χ0v) is 11.3. The van der Waals surface area contributed by atoms with Gasteiger partial charge >= 0.3 is 11.9 Å². The van der Waals surface area contributed by atoms with Crippen LogP contribution >= 0.6 is 0 Å². The highest BCUT2D eigenvalue weighted by Gasteiger charge is 2.22. The zero-order valence-electron chi connectivity index (χ0n) is 11.3. The molecule has 5 nitrogen and oxygen atoms in total. The molecular formula is C15H15NO4. The van der Waals surface area contributed by atoms with Crippen molar-refractivity contribution in [3.8, 4) is 0 Å². The van der Waals surface area contributed by atoms with Crippen molar-refractivity contribution in [2.75, 3.05) is 0 Å². The SMILES string of the molecule is Cc1[nH]c(C(=O)O)c(C)c1C(=O)OCc1ccccc1. The minimum Gasteiger partial charge on any atom is -0.477 e. The van der Waals surface area contributed by atoms with Crippen molar-refractivity contribution in [1.29, 1.82) is 0 Å². The summed E-state index contributed by atoms with van der Waals surface area (Å²) in [6, 6.07) is 9.31. The van der Waals surface area contributed by atoms with Gasteiger partial charge in [-0.25, -0.2) is 9.59 Å². The Hall–Kier alpha value is -2.56. The van der Waals surface area contributed by atoms with Gasteiger partial charge < -0.3 is 14.8 Å². The number of aryl methyl sites for hydroxylation is 1. The number of hydrogen-bond acceptors (Lipinski definition) is 3. The van der Waals surface area contributed by atoms with Crippen LogP contribution in [0.25, 0.3) is 0 Å². The van der Waals surface area contributed by atoms with E-state index < -0.39 is 11.9 Å². The van der Waals surface area contributed by atoms with Gasteiger partial charge in [0.25, 0.3) is 0 Å². The molecule has 2 aromatic rings. The van der Waals surface area contributed by atoms with E-state index in [-0.39, 0.29) is 12.3 Å². The Bertz CT molecular complexity index is 643. The first kappa shape index (κ1) is 13.9. The van der Waals surface area contributed by atoms with E-state index >= 15 is 0 Å². The Balaban J connectivity index is 2.16. The third kappa shape index (κ3) is 2.71. The third-order valence-corrected chi connectivity index (χ3v) is 3.07. The number of carboxylic acid groups (broad SMARTS) is 1. The van der Waals surface area contributed by atoms with Crippen LogP contribution in [0.3, 0.4) is 0 Å².